The van der Waals surface area contributed by atoms with Crippen LogP contribution in [0.4, 0.5) is 0 Å². The lowest BCUT2D eigenvalue weighted by molar-refractivity contribution is -0.133. The topological polar surface area (TPSA) is 64.0 Å². The number of nitrogens with zero attached hydrogens (tertiary/aromatic N) is 3. The number of halogens is 1. The van der Waals surface area contributed by atoms with Gasteiger partial charge in [0.15, 0.2) is 0 Å². The largest absolute Gasteiger partial charge is 0.383 e. The first-order valence-corrected chi connectivity index (χ1v) is 11.2. The maximum Gasteiger partial charge on any atom is 0.254 e. The number of hydrogen-bond donors (Lipinski definition) is 0. The van der Waals surface area contributed by atoms with E-state index in [-0.39, 0.29) is 18.4 Å². The molecule has 0 aliphatic rings. The third-order valence-electron chi connectivity index (χ3n) is 4.93. The lowest BCUT2D eigenvalue weighted by Crippen LogP contribution is -2.44. The van der Waals surface area contributed by atoms with Crippen molar-refractivity contribution in [3.63, 3.8) is 0 Å². The van der Waals surface area contributed by atoms with E-state index in [1.54, 1.807) is 29.0 Å². The Balaban J connectivity index is 2.15. The molecule has 0 bridgehead atoms. The lowest BCUT2D eigenvalue weighted by atomic mass is 10.2. The Morgan fingerprint density at radius 3 is 2.55 bits per heavy atom. The molecule has 31 heavy (non-hydrogen) atoms. The molecule has 170 valence electrons. The SMILES string of the molecule is CCOCCCN(CC(=O)N(CCOC)Cc1cccn1C)C(=O)c1cccc(Br)c1. The first-order valence-electron chi connectivity index (χ1n) is 10.5. The number of carbonyl (C=O) groups is 2. The van der Waals surface area contributed by atoms with Gasteiger partial charge in [0.2, 0.25) is 5.91 Å². The summed E-state index contributed by atoms with van der Waals surface area (Å²) in [7, 11) is 3.56. The van der Waals surface area contributed by atoms with Crippen LogP contribution in [0.2, 0.25) is 0 Å². The normalized spacial score (nSPS) is 10.8. The Morgan fingerprint density at radius 1 is 1.10 bits per heavy atom. The van der Waals surface area contributed by atoms with Crippen LogP contribution in [0.25, 0.3) is 0 Å². The van der Waals surface area contributed by atoms with E-state index in [0.717, 1.165) is 10.2 Å². The molecule has 1 heterocycles. The summed E-state index contributed by atoms with van der Waals surface area (Å²) >= 11 is 3.41. The third-order valence-corrected chi connectivity index (χ3v) is 5.42. The summed E-state index contributed by atoms with van der Waals surface area (Å²) < 4.78 is 13.4. The van der Waals surface area contributed by atoms with Gasteiger partial charge in [0, 0.05) is 62.4 Å². The van der Waals surface area contributed by atoms with Gasteiger partial charge in [-0.3, -0.25) is 9.59 Å². The van der Waals surface area contributed by atoms with E-state index in [2.05, 4.69) is 15.9 Å². The van der Waals surface area contributed by atoms with Gasteiger partial charge in [-0.2, -0.15) is 0 Å². The summed E-state index contributed by atoms with van der Waals surface area (Å²) in [6.07, 6.45) is 2.61. The van der Waals surface area contributed by atoms with Gasteiger partial charge < -0.3 is 23.8 Å². The van der Waals surface area contributed by atoms with E-state index in [4.69, 9.17) is 9.47 Å². The molecule has 0 aliphatic heterocycles. The Morgan fingerprint density at radius 2 is 1.90 bits per heavy atom. The smallest absolute Gasteiger partial charge is 0.254 e. The Hall–Kier alpha value is -2.16. The molecule has 1 aromatic carbocycles. The first-order chi connectivity index (χ1) is 15.0. The summed E-state index contributed by atoms with van der Waals surface area (Å²) in [4.78, 5) is 29.7. The second-order valence-electron chi connectivity index (χ2n) is 7.21. The fraction of sp³-hybridized carbons (Fsp3) is 0.478. The van der Waals surface area contributed by atoms with Crippen LogP contribution in [0.5, 0.6) is 0 Å². The zero-order valence-electron chi connectivity index (χ0n) is 18.6. The van der Waals surface area contributed by atoms with E-state index >= 15 is 0 Å². The molecule has 0 radical (unpaired) electrons. The predicted octanol–water partition coefficient (Wildman–Crippen LogP) is 3.33. The molecule has 0 saturated heterocycles. The van der Waals surface area contributed by atoms with Crippen LogP contribution in [0, 0.1) is 0 Å². The second kappa shape index (κ2) is 13.3. The van der Waals surface area contributed by atoms with Gasteiger partial charge in [-0.1, -0.05) is 22.0 Å². The molecule has 0 spiro atoms. The monoisotopic (exact) mass is 493 g/mol. The van der Waals surface area contributed by atoms with Crippen molar-refractivity contribution in [2.45, 2.75) is 19.9 Å². The minimum atomic E-state index is -0.170. The Labute approximate surface area is 193 Å². The van der Waals surface area contributed by atoms with Gasteiger partial charge in [0.05, 0.1) is 13.2 Å². The zero-order chi connectivity index (χ0) is 22.6. The first kappa shape index (κ1) is 25.1. The number of methoxy groups -OCH3 is 1. The van der Waals surface area contributed by atoms with Crippen molar-refractivity contribution in [2.24, 2.45) is 7.05 Å². The highest BCUT2D eigenvalue weighted by Crippen LogP contribution is 2.15. The van der Waals surface area contributed by atoms with Crippen LogP contribution in [-0.4, -0.2) is 72.7 Å². The van der Waals surface area contributed by atoms with Crippen LogP contribution in [-0.2, 0) is 27.9 Å². The molecule has 0 unspecified atom stereocenters. The molecule has 2 amide bonds. The fourth-order valence-corrected chi connectivity index (χ4v) is 3.57. The number of ether oxygens (including phenoxy) is 2. The predicted molar refractivity (Wildman–Crippen MR) is 124 cm³/mol. The maximum atomic E-state index is 13.2. The quantitative estimate of drug-likeness (QED) is 0.401. The Bertz CT molecular complexity index is 840. The molecular weight excluding hydrogens is 462 g/mol. The average Bonchev–Trinajstić information content (AvgIpc) is 3.17. The lowest BCUT2D eigenvalue weighted by Gasteiger charge is -2.28. The van der Waals surface area contributed by atoms with Crippen molar-refractivity contribution < 1.29 is 19.1 Å². The minimum Gasteiger partial charge on any atom is -0.383 e. The standard InChI is InChI=1S/C23H32BrN3O4/c1-4-31-14-7-12-27(23(29)19-8-5-9-20(24)16-19)18-22(28)26(13-15-30-3)17-21-10-6-11-25(21)2/h5-6,8-11,16H,4,7,12-15,17-18H2,1-3H3. The second-order valence-corrected chi connectivity index (χ2v) is 8.12. The van der Waals surface area contributed by atoms with Crippen molar-refractivity contribution in [3.8, 4) is 0 Å². The van der Waals surface area contributed by atoms with Crippen molar-refractivity contribution in [1.82, 2.24) is 14.4 Å². The number of rotatable bonds is 13. The van der Waals surface area contributed by atoms with Gasteiger partial charge >= 0.3 is 0 Å². The van der Waals surface area contributed by atoms with Gasteiger partial charge in [0.25, 0.3) is 5.91 Å². The molecule has 8 heteroatoms. The molecule has 0 atom stereocenters. The van der Waals surface area contributed by atoms with Crippen LogP contribution in [0.1, 0.15) is 29.4 Å². The highest BCUT2D eigenvalue weighted by molar-refractivity contribution is 9.10. The molecule has 1 aromatic heterocycles. The van der Waals surface area contributed by atoms with E-state index in [1.165, 1.54) is 0 Å². The summed E-state index contributed by atoms with van der Waals surface area (Å²) in [6.45, 7) is 4.90. The minimum absolute atomic E-state index is 0.00556. The number of hydrogen-bond acceptors (Lipinski definition) is 4. The molecular formula is C23H32BrN3O4. The van der Waals surface area contributed by atoms with Crippen molar-refractivity contribution in [3.05, 3.63) is 58.3 Å². The van der Waals surface area contributed by atoms with Gasteiger partial charge in [-0.05, 0) is 43.7 Å². The van der Waals surface area contributed by atoms with E-state index < -0.39 is 0 Å². The summed E-state index contributed by atoms with van der Waals surface area (Å²) in [5.41, 5.74) is 1.56. The van der Waals surface area contributed by atoms with Crippen molar-refractivity contribution in [2.75, 3.05) is 46.6 Å². The highest BCUT2D eigenvalue weighted by atomic mass is 79.9. The molecule has 7 nitrogen and oxygen atoms in total. The Kier molecular flexibility index (Phi) is 10.8. The van der Waals surface area contributed by atoms with Crippen LogP contribution < -0.4 is 0 Å². The molecule has 0 saturated carbocycles. The number of aryl methyl sites for hydroxylation is 1. The highest BCUT2D eigenvalue weighted by Gasteiger charge is 2.23. The zero-order valence-corrected chi connectivity index (χ0v) is 20.1. The van der Waals surface area contributed by atoms with Crippen LogP contribution >= 0.6 is 15.9 Å². The third kappa shape index (κ3) is 8.12. The van der Waals surface area contributed by atoms with E-state index in [1.807, 2.05) is 49.0 Å². The molecule has 0 aliphatic carbocycles. The van der Waals surface area contributed by atoms with Crippen LogP contribution in [0.15, 0.2) is 47.1 Å². The van der Waals surface area contributed by atoms with Crippen molar-refractivity contribution in [1.29, 1.82) is 0 Å². The molecule has 2 aromatic rings. The number of benzene rings is 1. The summed E-state index contributed by atoms with van der Waals surface area (Å²) in [5.74, 6) is -0.283. The molecule has 2 rings (SSSR count). The van der Waals surface area contributed by atoms with Gasteiger partial charge in [-0.15, -0.1) is 0 Å². The van der Waals surface area contributed by atoms with E-state index in [9.17, 15) is 9.59 Å². The number of carbonyl (C=O) groups excluding carboxylic acids is 2. The van der Waals surface area contributed by atoms with Gasteiger partial charge in [-0.25, -0.2) is 0 Å². The van der Waals surface area contributed by atoms with Crippen LogP contribution in [0.3, 0.4) is 0 Å². The fourth-order valence-electron chi connectivity index (χ4n) is 3.17. The average molecular weight is 494 g/mol. The van der Waals surface area contributed by atoms with Crippen molar-refractivity contribution >= 4 is 27.7 Å². The number of aromatic nitrogens is 1. The van der Waals surface area contributed by atoms with E-state index in [0.29, 0.717) is 51.4 Å². The summed E-state index contributed by atoms with van der Waals surface area (Å²) in [5, 5.41) is 0. The van der Waals surface area contributed by atoms with Gasteiger partial charge in [0.1, 0.15) is 6.54 Å². The summed E-state index contributed by atoms with van der Waals surface area (Å²) in [6, 6.07) is 11.2. The number of amides is 2. The maximum absolute atomic E-state index is 13.2. The molecule has 0 fully saturated rings. The molecule has 0 N–H and O–H groups in total.